The smallest absolute Gasteiger partial charge is 0.222 e. The van der Waals surface area contributed by atoms with Crippen molar-refractivity contribution < 1.29 is 8.42 Å². The number of hydrogen-bond donors (Lipinski definition) is 1. The van der Waals surface area contributed by atoms with Gasteiger partial charge in [-0.1, -0.05) is 22.4 Å². The predicted molar refractivity (Wildman–Crippen MR) is 71.8 cm³/mol. The highest BCUT2D eigenvalue weighted by molar-refractivity contribution is 9.10. The average molecular weight is 337 g/mol. The summed E-state index contributed by atoms with van der Waals surface area (Å²) in [5, 5.41) is 8.29. The lowest BCUT2D eigenvalue weighted by Gasteiger charge is -2.14. The molecule has 1 aromatic heterocycles. The van der Waals surface area contributed by atoms with Crippen LogP contribution in [0.1, 0.15) is 43.9 Å². The Labute approximate surface area is 115 Å². The van der Waals surface area contributed by atoms with Crippen molar-refractivity contribution in [3.8, 4) is 0 Å². The summed E-state index contributed by atoms with van der Waals surface area (Å²) in [6, 6.07) is -0.355. The molecule has 0 spiro atoms. The van der Waals surface area contributed by atoms with Crippen molar-refractivity contribution in [1.82, 2.24) is 19.5 Å². The lowest BCUT2D eigenvalue weighted by Crippen LogP contribution is -2.29. The summed E-state index contributed by atoms with van der Waals surface area (Å²) in [5.41, 5.74) is 0. The van der Waals surface area contributed by atoms with Gasteiger partial charge in [-0.05, 0) is 19.8 Å². The number of nitrogens with zero attached hydrogens (tertiary/aromatic N) is 3. The zero-order valence-electron chi connectivity index (χ0n) is 10.3. The summed E-state index contributed by atoms with van der Waals surface area (Å²) in [6.45, 7) is 2.67. The van der Waals surface area contributed by atoms with E-state index in [0.717, 1.165) is 31.6 Å². The van der Waals surface area contributed by atoms with Gasteiger partial charge in [-0.15, -0.1) is 10.2 Å². The molecule has 0 aliphatic carbocycles. The van der Waals surface area contributed by atoms with E-state index in [1.807, 2.05) is 0 Å². The van der Waals surface area contributed by atoms with Crippen LogP contribution in [-0.4, -0.2) is 27.8 Å². The quantitative estimate of drug-likeness (QED) is 0.841. The molecule has 102 valence electrons. The number of hydrogen-bond acceptors (Lipinski definition) is 4. The zero-order valence-corrected chi connectivity index (χ0v) is 12.7. The molecule has 0 radical (unpaired) electrons. The molecule has 8 heteroatoms. The molecule has 0 amide bonds. The van der Waals surface area contributed by atoms with Crippen molar-refractivity contribution in [2.75, 3.05) is 4.66 Å². The first-order valence-electron chi connectivity index (χ1n) is 6.01. The minimum absolute atomic E-state index is 0.106. The maximum absolute atomic E-state index is 11.5. The van der Waals surface area contributed by atoms with E-state index >= 15 is 0 Å². The van der Waals surface area contributed by atoms with Gasteiger partial charge in [0, 0.05) is 13.0 Å². The van der Waals surface area contributed by atoms with Crippen LogP contribution in [0.25, 0.3) is 0 Å². The Hall–Kier alpha value is -0.470. The molecular formula is C10H17BrN4O2S. The molecule has 0 saturated heterocycles. The molecule has 1 aliphatic rings. The minimum atomic E-state index is -3.29. The number of nitrogens with one attached hydrogen (secondary N) is 1. The van der Waals surface area contributed by atoms with Gasteiger partial charge in [-0.2, -0.15) is 0 Å². The molecule has 2 heterocycles. The Bertz CT molecular complexity index is 514. The standard InChI is InChI=1S/C10H17BrN4O2S/c1-8(14-18(16,17)7-11)10-13-12-9-5-3-2-4-6-15(9)10/h8,14H,2-7H2,1H3. The third-order valence-electron chi connectivity index (χ3n) is 3.03. The van der Waals surface area contributed by atoms with Crippen LogP contribution in [0.4, 0.5) is 0 Å². The molecule has 0 fully saturated rings. The van der Waals surface area contributed by atoms with Crippen molar-refractivity contribution in [1.29, 1.82) is 0 Å². The van der Waals surface area contributed by atoms with Crippen LogP contribution in [0.5, 0.6) is 0 Å². The van der Waals surface area contributed by atoms with Gasteiger partial charge < -0.3 is 4.57 Å². The first kappa shape index (κ1) is 14.0. The molecule has 1 atom stereocenters. The van der Waals surface area contributed by atoms with Crippen molar-refractivity contribution in [2.45, 2.75) is 45.2 Å². The molecule has 2 rings (SSSR count). The fourth-order valence-electron chi connectivity index (χ4n) is 2.18. The van der Waals surface area contributed by atoms with Gasteiger partial charge in [0.1, 0.15) is 10.5 Å². The van der Waals surface area contributed by atoms with Crippen LogP contribution in [-0.2, 0) is 23.0 Å². The summed E-state index contributed by atoms with van der Waals surface area (Å²) in [4.78, 5) is 0. The lowest BCUT2D eigenvalue weighted by molar-refractivity contribution is 0.537. The molecule has 1 unspecified atom stereocenters. The number of alkyl halides is 1. The molecule has 1 N–H and O–H groups in total. The highest BCUT2D eigenvalue weighted by Crippen LogP contribution is 2.19. The van der Waals surface area contributed by atoms with Crippen molar-refractivity contribution in [3.63, 3.8) is 0 Å². The third-order valence-corrected chi connectivity index (χ3v) is 5.83. The van der Waals surface area contributed by atoms with Gasteiger partial charge in [0.15, 0.2) is 5.82 Å². The third kappa shape index (κ3) is 3.10. The summed E-state index contributed by atoms with van der Waals surface area (Å²) in [5.74, 6) is 1.67. The van der Waals surface area contributed by atoms with Gasteiger partial charge in [0.25, 0.3) is 0 Å². The van der Waals surface area contributed by atoms with E-state index in [-0.39, 0.29) is 10.7 Å². The van der Waals surface area contributed by atoms with E-state index in [4.69, 9.17) is 0 Å². The fraction of sp³-hybridized carbons (Fsp3) is 0.800. The van der Waals surface area contributed by atoms with Crippen LogP contribution in [0.15, 0.2) is 0 Å². The Morgan fingerprint density at radius 2 is 2.17 bits per heavy atom. The van der Waals surface area contributed by atoms with E-state index in [0.29, 0.717) is 5.82 Å². The lowest BCUT2D eigenvalue weighted by atomic mass is 10.2. The van der Waals surface area contributed by atoms with E-state index in [2.05, 4.69) is 35.4 Å². The highest BCUT2D eigenvalue weighted by Gasteiger charge is 2.22. The van der Waals surface area contributed by atoms with Gasteiger partial charge in [-0.25, -0.2) is 13.1 Å². The number of rotatable bonds is 4. The fourth-order valence-corrected chi connectivity index (χ4v) is 3.28. The SMILES string of the molecule is CC(NS(=O)(=O)CBr)c1nnc2n1CCCCC2. The van der Waals surface area contributed by atoms with Gasteiger partial charge >= 0.3 is 0 Å². The van der Waals surface area contributed by atoms with Crippen molar-refractivity contribution >= 4 is 26.0 Å². The maximum Gasteiger partial charge on any atom is 0.222 e. The van der Waals surface area contributed by atoms with E-state index in [1.54, 1.807) is 6.92 Å². The number of halogens is 1. The second-order valence-corrected chi connectivity index (χ2v) is 7.56. The van der Waals surface area contributed by atoms with Crippen LogP contribution in [0, 0.1) is 0 Å². The largest absolute Gasteiger partial charge is 0.314 e. The van der Waals surface area contributed by atoms with Crippen molar-refractivity contribution in [2.24, 2.45) is 0 Å². The van der Waals surface area contributed by atoms with Gasteiger partial charge in [0.05, 0.1) is 6.04 Å². The zero-order chi connectivity index (χ0) is 13.2. The number of sulfonamides is 1. The predicted octanol–water partition coefficient (Wildman–Crippen LogP) is 1.34. The Balaban J connectivity index is 2.21. The molecule has 0 aromatic carbocycles. The Morgan fingerprint density at radius 1 is 1.39 bits per heavy atom. The van der Waals surface area contributed by atoms with Crippen molar-refractivity contribution in [3.05, 3.63) is 11.6 Å². The second-order valence-electron chi connectivity index (χ2n) is 4.50. The first-order valence-corrected chi connectivity index (χ1v) is 8.79. The minimum Gasteiger partial charge on any atom is -0.314 e. The average Bonchev–Trinajstić information content (AvgIpc) is 2.58. The topological polar surface area (TPSA) is 76.9 Å². The van der Waals surface area contributed by atoms with E-state index in [1.165, 1.54) is 6.42 Å². The van der Waals surface area contributed by atoms with Gasteiger partial charge in [0.2, 0.25) is 10.0 Å². The molecular weight excluding hydrogens is 320 g/mol. The second kappa shape index (κ2) is 5.66. The van der Waals surface area contributed by atoms with Crippen LogP contribution < -0.4 is 4.72 Å². The molecule has 0 saturated carbocycles. The van der Waals surface area contributed by atoms with E-state index < -0.39 is 10.0 Å². The monoisotopic (exact) mass is 336 g/mol. The van der Waals surface area contributed by atoms with Crippen LogP contribution in [0.2, 0.25) is 0 Å². The summed E-state index contributed by atoms with van der Waals surface area (Å²) >= 11 is 2.96. The van der Waals surface area contributed by atoms with Crippen LogP contribution in [0.3, 0.4) is 0 Å². The maximum atomic E-state index is 11.5. The molecule has 0 bridgehead atoms. The Morgan fingerprint density at radius 3 is 2.89 bits per heavy atom. The number of aromatic nitrogens is 3. The molecule has 6 nitrogen and oxygen atoms in total. The van der Waals surface area contributed by atoms with E-state index in [9.17, 15) is 8.42 Å². The summed E-state index contributed by atoms with van der Waals surface area (Å²) < 4.78 is 27.6. The number of fused-ring (bicyclic) bond motifs is 1. The summed E-state index contributed by atoms with van der Waals surface area (Å²) in [7, 11) is -3.29. The first-order chi connectivity index (χ1) is 8.53. The van der Waals surface area contributed by atoms with Gasteiger partial charge in [-0.3, -0.25) is 0 Å². The Kier molecular flexibility index (Phi) is 4.39. The molecule has 1 aromatic rings. The normalized spacial score (nSPS) is 18.1. The molecule has 18 heavy (non-hydrogen) atoms. The van der Waals surface area contributed by atoms with Crippen LogP contribution >= 0.6 is 15.9 Å². The molecule has 1 aliphatic heterocycles. The number of aryl methyl sites for hydroxylation is 1. The highest BCUT2D eigenvalue weighted by atomic mass is 79.9. The summed E-state index contributed by atoms with van der Waals surface area (Å²) in [6.07, 6.45) is 4.32.